The second-order valence-corrected chi connectivity index (χ2v) is 17.0. The van der Waals surface area contributed by atoms with Gasteiger partial charge in [0.2, 0.25) is 0 Å². The van der Waals surface area contributed by atoms with Crippen molar-refractivity contribution in [3.05, 3.63) is 0 Å². The molecule has 0 bridgehead atoms. The molecule has 0 saturated carbocycles. The zero-order valence-corrected chi connectivity index (χ0v) is 29.7. The van der Waals surface area contributed by atoms with Crippen molar-refractivity contribution in [2.24, 2.45) is 5.41 Å². The van der Waals surface area contributed by atoms with E-state index in [1.54, 1.807) is 0 Å². The van der Waals surface area contributed by atoms with E-state index in [-0.39, 0.29) is 0 Å². The van der Waals surface area contributed by atoms with Crippen molar-refractivity contribution in [2.45, 2.75) is 151 Å². The van der Waals surface area contributed by atoms with Gasteiger partial charge in [0.05, 0.1) is 0 Å². The van der Waals surface area contributed by atoms with Gasteiger partial charge in [0.1, 0.15) is 0 Å². The van der Waals surface area contributed by atoms with Crippen LogP contribution in [-0.4, -0.2) is 88.5 Å². The first-order valence-corrected chi connectivity index (χ1v) is 20.4. The Kier molecular flexibility index (Phi) is 24.7. The maximum Gasteiger partial charge on any atom is 0.190 e. The SMILES string of the molecule is CCCN(CCC)CCCC(CCCN(CCC)CCC)(CCCN(CCC)CCC)C[Si](C)(CC)OCC. The molecule has 0 radical (unpaired) electrons. The smallest absolute Gasteiger partial charge is 0.190 e. The van der Waals surface area contributed by atoms with Crippen molar-refractivity contribution < 1.29 is 4.43 Å². The molecule has 236 valence electrons. The first kappa shape index (κ1) is 39.1. The van der Waals surface area contributed by atoms with Gasteiger partial charge in [-0.15, -0.1) is 0 Å². The fraction of sp³-hybridized carbons (Fsp3) is 1.00. The number of rotatable bonds is 29. The fourth-order valence-electron chi connectivity index (χ4n) is 7.00. The van der Waals surface area contributed by atoms with Crippen LogP contribution in [0.15, 0.2) is 0 Å². The summed E-state index contributed by atoms with van der Waals surface area (Å²) in [6.45, 7) is 33.5. The summed E-state index contributed by atoms with van der Waals surface area (Å²) in [7, 11) is -1.72. The molecule has 5 heteroatoms. The summed E-state index contributed by atoms with van der Waals surface area (Å²) in [5.74, 6) is 0. The summed E-state index contributed by atoms with van der Waals surface area (Å²) in [6.07, 6.45) is 15.8. The van der Waals surface area contributed by atoms with Crippen LogP contribution in [0.25, 0.3) is 0 Å². The van der Waals surface area contributed by atoms with Crippen molar-refractivity contribution in [3.8, 4) is 0 Å². The highest BCUT2D eigenvalue weighted by atomic mass is 28.4. The Morgan fingerprint density at radius 1 is 0.487 bits per heavy atom. The molecular formula is C34H75N3OSi. The molecule has 0 aromatic rings. The summed E-state index contributed by atoms with van der Waals surface area (Å²) in [4.78, 5) is 8.20. The molecule has 0 saturated heterocycles. The Labute approximate surface area is 249 Å². The molecule has 0 fully saturated rings. The first-order chi connectivity index (χ1) is 18.8. The normalized spacial score (nSPS) is 14.2. The van der Waals surface area contributed by atoms with E-state index in [9.17, 15) is 0 Å². The maximum atomic E-state index is 6.66. The standard InChI is InChI=1S/C34H75N3OSi/c1-10-24-35(25-11-2)30-18-21-34(33-39(9,17-8)38-16-7,22-19-31-36(26-12-3)27-13-4)23-20-32-37(28-14-5)29-15-6/h10-33H2,1-9H3. The molecule has 0 aromatic heterocycles. The number of hydrogen-bond acceptors (Lipinski definition) is 4. The topological polar surface area (TPSA) is 19.0 Å². The molecular weight excluding hydrogens is 494 g/mol. The van der Waals surface area contributed by atoms with Gasteiger partial charge < -0.3 is 19.1 Å². The van der Waals surface area contributed by atoms with Crippen molar-refractivity contribution >= 4 is 8.32 Å². The zero-order chi connectivity index (χ0) is 29.4. The third kappa shape index (κ3) is 18.3. The Morgan fingerprint density at radius 2 is 0.795 bits per heavy atom. The predicted octanol–water partition coefficient (Wildman–Crippen LogP) is 9.31. The number of hydrogen-bond donors (Lipinski definition) is 0. The molecule has 0 aliphatic heterocycles. The van der Waals surface area contributed by atoms with Gasteiger partial charge in [-0.25, -0.2) is 0 Å². The summed E-state index contributed by atoms with van der Waals surface area (Å²) < 4.78 is 6.66. The summed E-state index contributed by atoms with van der Waals surface area (Å²) in [5.41, 5.74) is 0.435. The van der Waals surface area contributed by atoms with Crippen molar-refractivity contribution in [3.63, 3.8) is 0 Å². The Hall–Kier alpha value is 0.0569. The molecule has 0 rings (SSSR count). The Morgan fingerprint density at radius 3 is 1.03 bits per heavy atom. The van der Waals surface area contributed by atoms with E-state index < -0.39 is 8.32 Å². The predicted molar refractivity (Wildman–Crippen MR) is 180 cm³/mol. The molecule has 39 heavy (non-hydrogen) atoms. The molecule has 0 spiro atoms. The monoisotopic (exact) mass is 570 g/mol. The second kappa shape index (κ2) is 24.6. The fourth-order valence-corrected chi connectivity index (χ4v) is 10.4. The van der Waals surface area contributed by atoms with Crippen molar-refractivity contribution in [2.75, 3.05) is 65.5 Å². The molecule has 1 atom stereocenters. The minimum atomic E-state index is -1.72. The lowest BCUT2D eigenvalue weighted by molar-refractivity contribution is 0.166. The van der Waals surface area contributed by atoms with E-state index in [1.807, 2.05) is 0 Å². The maximum absolute atomic E-state index is 6.66. The van der Waals surface area contributed by atoms with Crippen molar-refractivity contribution in [1.82, 2.24) is 14.7 Å². The summed E-state index contributed by atoms with van der Waals surface area (Å²) in [6, 6.07) is 2.60. The largest absolute Gasteiger partial charge is 0.417 e. The average Bonchev–Trinajstić information content (AvgIpc) is 2.89. The minimum absolute atomic E-state index is 0.435. The molecule has 0 N–H and O–H groups in total. The van der Waals surface area contributed by atoms with Gasteiger partial charge in [-0.3, -0.25) is 0 Å². The van der Waals surface area contributed by atoms with E-state index >= 15 is 0 Å². The van der Waals surface area contributed by atoms with E-state index in [0.29, 0.717) is 5.41 Å². The highest BCUT2D eigenvalue weighted by Gasteiger charge is 2.39. The van der Waals surface area contributed by atoms with E-state index in [0.717, 1.165) is 6.61 Å². The van der Waals surface area contributed by atoms with Gasteiger partial charge in [0.25, 0.3) is 0 Å². The van der Waals surface area contributed by atoms with Crippen LogP contribution in [0.2, 0.25) is 18.6 Å². The van der Waals surface area contributed by atoms with E-state index in [4.69, 9.17) is 4.43 Å². The van der Waals surface area contributed by atoms with Gasteiger partial charge in [0, 0.05) is 6.61 Å². The molecule has 0 amide bonds. The van der Waals surface area contributed by atoms with E-state index in [1.165, 1.54) is 148 Å². The lowest BCUT2D eigenvalue weighted by Gasteiger charge is -2.42. The first-order valence-electron chi connectivity index (χ1n) is 17.6. The Balaban J connectivity index is 5.88. The molecule has 1 unspecified atom stereocenters. The molecule has 0 aromatic carbocycles. The van der Waals surface area contributed by atoms with Crippen molar-refractivity contribution in [1.29, 1.82) is 0 Å². The third-order valence-corrected chi connectivity index (χ3v) is 12.8. The average molecular weight is 570 g/mol. The highest BCUT2D eigenvalue weighted by Crippen LogP contribution is 2.44. The number of nitrogens with zero attached hydrogens (tertiary/aromatic N) is 3. The minimum Gasteiger partial charge on any atom is -0.417 e. The summed E-state index contributed by atoms with van der Waals surface area (Å²) in [5, 5.41) is 0. The van der Waals surface area contributed by atoms with Crippen LogP contribution in [0.3, 0.4) is 0 Å². The zero-order valence-electron chi connectivity index (χ0n) is 28.7. The third-order valence-electron chi connectivity index (χ3n) is 8.77. The van der Waals surface area contributed by atoms with Gasteiger partial charge in [-0.05, 0) is 167 Å². The van der Waals surface area contributed by atoms with Crippen LogP contribution in [0.4, 0.5) is 0 Å². The van der Waals surface area contributed by atoms with Crippen LogP contribution >= 0.6 is 0 Å². The quantitative estimate of drug-likeness (QED) is 0.0835. The van der Waals surface area contributed by atoms with Crippen LogP contribution in [0.1, 0.15) is 132 Å². The van der Waals surface area contributed by atoms with Crippen LogP contribution in [0.5, 0.6) is 0 Å². The van der Waals surface area contributed by atoms with Gasteiger partial charge >= 0.3 is 0 Å². The Bertz CT molecular complexity index is 462. The molecule has 0 aliphatic rings. The van der Waals surface area contributed by atoms with Crippen LogP contribution in [-0.2, 0) is 4.43 Å². The summed E-state index contributed by atoms with van der Waals surface area (Å²) >= 11 is 0. The second-order valence-electron chi connectivity index (χ2n) is 12.7. The molecule has 4 nitrogen and oxygen atoms in total. The van der Waals surface area contributed by atoms with Gasteiger partial charge in [-0.2, -0.15) is 0 Å². The molecule has 0 heterocycles. The van der Waals surface area contributed by atoms with Crippen LogP contribution < -0.4 is 0 Å². The van der Waals surface area contributed by atoms with E-state index in [2.05, 4.69) is 76.6 Å². The highest BCUT2D eigenvalue weighted by molar-refractivity contribution is 6.72. The van der Waals surface area contributed by atoms with Crippen LogP contribution in [0, 0.1) is 5.41 Å². The van der Waals surface area contributed by atoms with Gasteiger partial charge in [-0.1, -0.05) is 48.5 Å². The lowest BCUT2D eigenvalue weighted by Crippen LogP contribution is -2.42. The lowest BCUT2D eigenvalue weighted by atomic mass is 9.76. The molecule has 0 aliphatic carbocycles. The van der Waals surface area contributed by atoms with Gasteiger partial charge in [0.15, 0.2) is 8.32 Å².